The average molecular weight is 389 g/mol. The smallest absolute Gasteiger partial charge is 0.322 e. The second kappa shape index (κ2) is 8.27. The van der Waals surface area contributed by atoms with Crippen LogP contribution in [0.5, 0.6) is 0 Å². The third-order valence-corrected chi connectivity index (χ3v) is 4.14. The van der Waals surface area contributed by atoms with Crippen LogP contribution in [-0.4, -0.2) is 15.7 Å². The summed E-state index contributed by atoms with van der Waals surface area (Å²) in [5.41, 5.74) is -1.46. The number of nitrogens with one attached hydrogen (secondary N) is 1. The highest BCUT2D eigenvalue weighted by Crippen LogP contribution is 2.33. The van der Waals surface area contributed by atoms with Crippen LogP contribution in [0, 0.1) is 17.3 Å². The van der Waals surface area contributed by atoms with Gasteiger partial charge >= 0.3 is 6.18 Å². The molecule has 0 aliphatic heterocycles. The second-order valence-corrected chi connectivity index (χ2v) is 7.85. The number of carbonyl (C=O) groups is 1. The molecule has 0 fully saturated rings. The van der Waals surface area contributed by atoms with Gasteiger partial charge in [0.15, 0.2) is 5.69 Å². The molecule has 152 valence electrons. The van der Waals surface area contributed by atoms with Crippen LogP contribution in [0.1, 0.15) is 64.0 Å². The molecule has 0 aromatic carbocycles. The van der Waals surface area contributed by atoms with Crippen molar-refractivity contribution in [2.75, 3.05) is 0 Å². The summed E-state index contributed by atoms with van der Waals surface area (Å²) in [7, 11) is 1.01. The summed E-state index contributed by atoms with van der Waals surface area (Å²) < 4.78 is 53.9. The van der Waals surface area contributed by atoms with E-state index in [0.717, 1.165) is 19.0 Å². The minimum atomic E-state index is -4.94. The first-order valence-corrected chi connectivity index (χ1v) is 8.63. The molecule has 0 radical (unpaired) electrons. The number of hydrogen-bond acceptors (Lipinski definition) is 2. The maximum atomic E-state index is 14.1. The van der Waals surface area contributed by atoms with Crippen LogP contribution in [0.3, 0.4) is 0 Å². The van der Waals surface area contributed by atoms with E-state index in [9.17, 15) is 22.4 Å². The molecule has 0 aliphatic rings. The standard InChI is InChI=1S/C19H27F4N3O/c1-8-9-13(12(3)11(2)10-18(4,5)6)24-17(27)14-15(19(21,22)23)25-26(7)16(14)20/h8-9,11H,10H2,1-7H3,(H,24,27)/b9-8-,13-12-. The number of halogens is 4. The quantitative estimate of drug-likeness (QED) is 0.554. The van der Waals surface area contributed by atoms with Crippen molar-refractivity contribution >= 4 is 5.91 Å². The molecule has 0 aliphatic carbocycles. The van der Waals surface area contributed by atoms with E-state index in [1.54, 1.807) is 26.0 Å². The van der Waals surface area contributed by atoms with E-state index >= 15 is 0 Å². The maximum Gasteiger partial charge on any atom is 0.436 e. The first kappa shape index (κ1) is 22.9. The molecule has 0 saturated heterocycles. The largest absolute Gasteiger partial charge is 0.436 e. The highest BCUT2D eigenvalue weighted by molar-refractivity contribution is 5.97. The maximum absolute atomic E-state index is 14.1. The van der Waals surface area contributed by atoms with E-state index in [1.807, 2.05) is 6.92 Å². The normalized spacial score (nSPS) is 15.1. The van der Waals surface area contributed by atoms with Gasteiger partial charge in [0, 0.05) is 12.7 Å². The Morgan fingerprint density at radius 3 is 2.30 bits per heavy atom. The van der Waals surface area contributed by atoms with Crippen molar-refractivity contribution in [2.45, 2.75) is 54.1 Å². The van der Waals surface area contributed by atoms with Gasteiger partial charge in [0.05, 0.1) is 0 Å². The van der Waals surface area contributed by atoms with Crippen molar-refractivity contribution in [1.82, 2.24) is 15.1 Å². The summed E-state index contributed by atoms with van der Waals surface area (Å²) >= 11 is 0. The second-order valence-electron chi connectivity index (χ2n) is 7.85. The lowest BCUT2D eigenvalue weighted by molar-refractivity contribution is -0.141. The number of aryl methyl sites for hydroxylation is 1. The molecule has 27 heavy (non-hydrogen) atoms. The molecular formula is C19H27F4N3O. The Morgan fingerprint density at radius 2 is 1.85 bits per heavy atom. The molecule has 0 saturated carbocycles. The van der Waals surface area contributed by atoms with Crippen molar-refractivity contribution in [3.8, 4) is 0 Å². The molecule has 1 amide bonds. The Morgan fingerprint density at radius 1 is 1.30 bits per heavy atom. The van der Waals surface area contributed by atoms with Crippen molar-refractivity contribution in [1.29, 1.82) is 0 Å². The van der Waals surface area contributed by atoms with Crippen LogP contribution in [0.25, 0.3) is 0 Å². The van der Waals surface area contributed by atoms with Gasteiger partial charge in [-0.15, -0.1) is 0 Å². The predicted molar refractivity (Wildman–Crippen MR) is 96.4 cm³/mol. The zero-order valence-electron chi connectivity index (χ0n) is 16.8. The van der Waals surface area contributed by atoms with E-state index in [-0.39, 0.29) is 11.3 Å². The van der Waals surface area contributed by atoms with Crippen LogP contribution in [-0.2, 0) is 13.2 Å². The average Bonchev–Trinajstić information content (AvgIpc) is 2.80. The Bertz CT molecular complexity index is 752. The summed E-state index contributed by atoms with van der Waals surface area (Å²) in [4.78, 5) is 12.5. The lowest BCUT2D eigenvalue weighted by atomic mass is 9.82. The highest BCUT2D eigenvalue weighted by atomic mass is 19.4. The number of aromatic nitrogens is 2. The van der Waals surface area contributed by atoms with Gasteiger partial charge < -0.3 is 5.32 Å². The molecule has 1 heterocycles. The van der Waals surface area contributed by atoms with Crippen molar-refractivity contribution in [2.24, 2.45) is 18.4 Å². The molecule has 1 unspecified atom stereocenters. The fourth-order valence-electron chi connectivity index (χ4n) is 2.86. The topological polar surface area (TPSA) is 46.9 Å². The van der Waals surface area contributed by atoms with Crippen LogP contribution in [0.4, 0.5) is 17.6 Å². The summed E-state index contributed by atoms with van der Waals surface area (Å²) in [6.45, 7) is 11.7. The Hall–Kier alpha value is -2.12. The van der Waals surface area contributed by atoms with Gasteiger partial charge in [0.2, 0.25) is 5.95 Å². The monoisotopic (exact) mass is 389 g/mol. The van der Waals surface area contributed by atoms with Gasteiger partial charge in [-0.3, -0.25) is 4.79 Å². The summed E-state index contributed by atoms with van der Waals surface area (Å²) in [5, 5.41) is 5.53. The molecule has 1 atom stereocenters. The number of allylic oxidation sites excluding steroid dienone is 3. The third kappa shape index (κ3) is 5.94. The Kier molecular flexibility index (Phi) is 7.02. The molecule has 0 bridgehead atoms. The molecule has 1 aromatic heterocycles. The van der Waals surface area contributed by atoms with Gasteiger partial charge in [-0.2, -0.15) is 22.7 Å². The summed E-state index contributed by atoms with van der Waals surface area (Å²) in [6.07, 6.45) is -0.875. The number of nitrogens with zero attached hydrogens (tertiary/aromatic N) is 2. The van der Waals surface area contributed by atoms with E-state index in [2.05, 4.69) is 31.2 Å². The minimum Gasteiger partial charge on any atom is -0.322 e. The lowest BCUT2D eigenvalue weighted by Crippen LogP contribution is -2.27. The van der Waals surface area contributed by atoms with E-state index in [0.29, 0.717) is 10.4 Å². The Balaban J connectivity index is 3.30. The molecular weight excluding hydrogens is 362 g/mol. The summed E-state index contributed by atoms with van der Waals surface area (Å²) in [5.74, 6) is -2.44. The number of rotatable bonds is 5. The van der Waals surface area contributed by atoms with Gasteiger partial charge in [-0.25, -0.2) is 4.68 Å². The van der Waals surface area contributed by atoms with Crippen molar-refractivity contribution in [3.63, 3.8) is 0 Å². The SMILES string of the molecule is C/C=C\C(NC(=O)c1c(C(F)(F)F)nn(C)c1F)=C(/C)C(C)CC(C)(C)C. The molecule has 1 aromatic rings. The fourth-order valence-corrected chi connectivity index (χ4v) is 2.86. The zero-order valence-corrected chi connectivity index (χ0v) is 16.8. The molecule has 0 spiro atoms. The van der Waals surface area contributed by atoms with Crippen molar-refractivity contribution < 1.29 is 22.4 Å². The van der Waals surface area contributed by atoms with Crippen LogP contribution >= 0.6 is 0 Å². The fraction of sp³-hybridized carbons (Fsp3) is 0.579. The number of amides is 1. The van der Waals surface area contributed by atoms with Gasteiger partial charge in [0.1, 0.15) is 5.56 Å². The minimum absolute atomic E-state index is 0.0324. The number of alkyl halides is 3. The predicted octanol–water partition coefficient (Wildman–Crippen LogP) is 5.23. The number of hydrogen-bond donors (Lipinski definition) is 1. The van der Waals surface area contributed by atoms with Gasteiger partial charge in [-0.1, -0.05) is 33.8 Å². The Labute approximate surface area is 157 Å². The van der Waals surface area contributed by atoms with E-state index in [1.165, 1.54) is 0 Å². The van der Waals surface area contributed by atoms with Crippen LogP contribution in [0.2, 0.25) is 0 Å². The zero-order chi connectivity index (χ0) is 21.2. The van der Waals surface area contributed by atoms with Crippen LogP contribution in [0.15, 0.2) is 23.4 Å². The molecule has 8 heteroatoms. The molecule has 1 N–H and O–H groups in total. The van der Waals surface area contributed by atoms with Crippen molar-refractivity contribution in [3.05, 3.63) is 40.6 Å². The summed E-state index contributed by atoms with van der Waals surface area (Å²) in [6, 6.07) is 0. The third-order valence-electron chi connectivity index (χ3n) is 4.14. The number of carbonyl (C=O) groups excluding carboxylic acids is 1. The first-order valence-electron chi connectivity index (χ1n) is 8.63. The first-order chi connectivity index (χ1) is 12.2. The van der Waals surface area contributed by atoms with Gasteiger partial charge in [-0.05, 0) is 43.3 Å². The van der Waals surface area contributed by atoms with E-state index < -0.39 is 29.3 Å². The van der Waals surface area contributed by atoms with E-state index in [4.69, 9.17) is 0 Å². The highest BCUT2D eigenvalue weighted by Gasteiger charge is 2.41. The lowest BCUT2D eigenvalue weighted by Gasteiger charge is -2.25. The molecule has 4 nitrogen and oxygen atoms in total. The van der Waals surface area contributed by atoms with Gasteiger partial charge in [0.25, 0.3) is 5.91 Å². The van der Waals surface area contributed by atoms with Crippen LogP contribution < -0.4 is 5.32 Å². The molecule has 1 rings (SSSR count).